The Morgan fingerprint density at radius 3 is 2.50 bits per heavy atom. The van der Waals surface area contributed by atoms with Gasteiger partial charge in [0.05, 0.1) is 21.1 Å². The van der Waals surface area contributed by atoms with Crippen LogP contribution in [0.15, 0.2) is 12.2 Å². The first-order valence-electron chi connectivity index (χ1n) is 5.47. The molecule has 0 bridgehead atoms. The standard InChI is InChI=1S/C13H18N2S/c1-12(2,3)11-15-9-5-7-13(4,14)8-6-10(9)16-11/h5-8H,14H2,1-4H3. The van der Waals surface area contributed by atoms with Gasteiger partial charge in [0.2, 0.25) is 0 Å². The SMILES string of the molecule is CC1(N)C=Cc2nc(C(C)(C)C)sc2C=C1. The summed E-state index contributed by atoms with van der Waals surface area (Å²) < 4.78 is 0. The monoisotopic (exact) mass is 234 g/mol. The summed E-state index contributed by atoms with van der Waals surface area (Å²) in [4.78, 5) is 5.88. The van der Waals surface area contributed by atoms with E-state index in [-0.39, 0.29) is 11.0 Å². The van der Waals surface area contributed by atoms with Crippen molar-refractivity contribution in [2.45, 2.75) is 38.6 Å². The van der Waals surface area contributed by atoms with Gasteiger partial charge in [0.1, 0.15) is 0 Å². The molecular weight excluding hydrogens is 216 g/mol. The first kappa shape index (κ1) is 11.6. The van der Waals surface area contributed by atoms with Crippen molar-refractivity contribution < 1.29 is 0 Å². The summed E-state index contributed by atoms with van der Waals surface area (Å²) in [5.74, 6) is 0. The predicted molar refractivity (Wildman–Crippen MR) is 71.5 cm³/mol. The molecule has 0 amide bonds. The van der Waals surface area contributed by atoms with Crippen LogP contribution in [-0.2, 0) is 5.41 Å². The molecule has 1 atom stereocenters. The first-order valence-corrected chi connectivity index (χ1v) is 6.28. The minimum absolute atomic E-state index is 0.116. The highest BCUT2D eigenvalue weighted by molar-refractivity contribution is 7.12. The largest absolute Gasteiger partial charge is 0.319 e. The molecule has 1 aromatic rings. The van der Waals surface area contributed by atoms with Crippen molar-refractivity contribution in [3.05, 3.63) is 27.7 Å². The van der Waals surface area contributed by atoms with Crippen LogP contribution in [0.3, 0.4) is 0 Å². The molecule has 1 aliphatic carbocycles. The van der Waals surface area contributed by atoms with Crippen molar-refractivity contribution in [3.8, 4) is 0 Å². The van der Waals surface area contributed by atoms with Crippen molar-refractivity contribution >= 4 is 23.5 Å². The van der Waals surface area contributed by atoms with E-state index in [0.717, 1.165) is 5.69 Å². The van der Waals surface area contributed by atoms with E-state index in [0.29, 0.717) is 0 Å². The van der Waals surface area contributed by atoms with Crippen LogP contribution in [0.4, 0.5) is 0 Å². The van der Waals surface area contributed by atoms with Gasteiger partial charge in [-0.3, -0.25) is 0 Å². The quantitative estimate of drug-likeness (QED) is 0.748. The van der Waals surface area contributed by atoms with Crippen LogP contribution in [0.5, 0.6) is 0 Å². The zero-order valence-corrected chi connectivity index (χ0v) is 11.1. The molecule has 2 rings (SSSR count). The minimum Gasteiger partial charge on any atom is -0.319 e. The number of thiazole rings is 1. The fraction of sp³-hybridized carbons (Fsp3) is 0.462. The Bertz CT molecular complexity index is 425. The van der Waals surface area contributed by atoms with Gasteiger partial charge in [-0.2, -0.15) is 0 Å². The van der Waals surface area contributed by atoms with E-state index < -0.39 is 0 Å². The lowest BCUT2D eigenvalue weighted by Crippen LogP contribution is -2.30. The highest BCUT2D eigenvalue weighted by Gasteiger charge is 2.22. The van der Waals surface area contributed by atoms with Gasteiger partial charge in [0.15, 0.2) is 0 Å². The zero-order valence-electron chi connectivity index (χ0n) is 10.2. The third kappa shape index (κ3) is 2.25. The second kappa shape index (κ2) is 3.54. The third-order valence-electron chi connectivity index (χ3n) is 2.52. The van der Waals surface area contributed by atoms with E-state index in [1.807, 2.05) is 25.2 Å². The maximum Gasteiger partial charge on any atom is 0.0992 e. The predicted octanol–water partition coefficient (Wildman–Crippen LogP) is 3.20. The molecule has 1 aromatic heterocycles. The zero-order chi connectivity index (χ0) is 12.0. The van der Waals surface area contributed by atoms with Gasteiger partial charge >= 0.3 is 0 Å². The van der Waals surface area contributed by atoms with E-state index >= 15 is 0 Å². The van der Waals surface area contributed by atoms with Gasteiger partial charge in [0, 0.05) is 5.41 Å². The number of nitrogens with two attached hydrogens (primary N) is 1. The van der Waals surface area contributed by atoms with Gasteiger partial charge < -0.3 is 5.73 Å². The van der Waals surface area contributed by atoms with E-state index in [9.17, 15) is 0 Å². The number of fused-ring (bicyclic) bond motifs is 1. The maximum absolute atomic E-state index is 6.04. The number of nitrogens with zero attached hydrogens (tertiary/aromatic N) is 1. The van der Waals surface area contributed by atoms with E-state index in [2.05, 4.69) is 31.8 Å². The second-order valence-corrected chi connectivity index (χ2v) is 6.58. The van der Waals surface area contributed by atoms with Crippen molar-refractivity contribution in [1.82, 2.24) is 4.98 Å². The highest BCUT2D eigenvalue weighted by Crippen LogP contribution is 2.32. The summed E-state index contributed by atoms with van der Waals surface area (Å²) in [6.07, 6.45) is 8.14. The summed E-state index contributed by atoms with van der Waals surface area (Å²) in [7, 11) is 0. The fourth-order valence-electron chi connectivity index (χ4n) is 1.47. The molecule has 1 heterocycles. The molecule has 3 heteroatoms. The number of rotatable bonds is 0. The van der Waals surface area contributed by atoms with Gasteiger partial charge in [-0.15, -0.1) is 11.3 Å². The Labute approximate surface area is 101 Å². The highest BCUT2D eigenvalue weighted by atomic mass is 32.1. The van der Waals surface area contributed by atoms with E-state index in [1.165, 1.54) is 9.88 Å². The summed E-state index contributed by atoms with van der Waals surface area (Å²) in [6.45, 7) is 8.55. The number of hydrogen-bond acceptors (Lipinski definition) is 3. The molecule has 0 fully saturated rings. The molecule has 2 N–H and O–H groups in total. The van der Waals surface area contributed by atoms with Crippen LogP contribution in [0.25, 0.3) is 12.2 Å². The minimum atomic E-state index is -0.359. The molecule has 2 nitrogen and oxygen atoms in total. The first-order chi connectivity index (χ1) is 7.28. The fourth-order valence-corrected chi connectivity index (χ4v) is 2.49. The van der Waals surface area contributed by atoms with E-state index in [4.69, 9.17) is 5.73 Å². The third-order valence-corrected chi connectivity index (χ3v) is 3.98. The van der Waals surface area contributed by atoms with E-state index in [1.54, 1.807) is 11.3 Å². The molecule has 16 heavy (non-hydrogen) atoms. The lowest BCUT2D eigenvalue weighted by molar-refractivity contribution is 0.585. The van der Waals surface area contributed by atoms with Crippen LogP contribution in [0.1, 0.15) is 43.3 Å². The van der Waals surface area contributed by atoms with Gasteiger partial charge in [-0.25, -0.2) is 4.98 Å². The topological polar surface area (TPSA) is 38.9 Å². The molecule has 1 unspecified atom stereocenters. The maximum atomic E-state index is 6.04. The Morgan fingerprint density at radius 1 is 1.25 bits per heavy atom. The van der Waals surface area contributed by atoms with Crippen LogP contribution in [0, 0.1) is 0 Å². The summed E-state index contributed by atoms with van der Waals surface area (Å²) in [6, 6.07) is 0. The van der Waals surface area contributed by atoms with Gasteiger partial charge in [-0.1, -0.05) is 32.9 Å². The smallest absolute Gasteiger partial charge is 0.0992 e. The molecule has 0 radical (unpaired) electrons. The molecule has 0 saturated carbocycles. The molecular formula is C13H18N2S. The molecule has 0 spiro atoms. The second-order valence-electron chi connectivity index (χ2n) is 5.55. The Balaban J connectivity index is 2.45. The van der Waals surface area contributed by atoms with Crippen molar-refractivity contribution in [1.29, 1.82) is 0 Å². The Hall–Kier alpha value is -0.930. The average Bonchev–Trinajstić information content (AvgIpc) is 2.49. The molecule has 0 aromatic carbocycles. The van der Waals surface area contributed by atoms with Crippen LogP contribution >= 0.6 is 11.3 Å². The Kier molecular flexibility index (Phi) is 2.55. The average molecular weight is 234 g/mol. The summed E-state index contributed by atoms with van der Waals surface area (Å²) in [5, 5.41) is 1.17. The summed E-state index contributed by atoms with van der Waals surface area (Å²) >= 11 is 1.75. The van der Waals surface area contributed by atoms with Crippen molar-refractivity contribution in [3.63, 3.8) is 0 Å². The molecule has 86 valence electrons. The summed E-state index contributed by atoms with van der Waals surface area (Å²) in [5.41, 5.74) is 6.84. The van der Waals surface area contributed by atoms with Crippen molar-refractivity contribution in [2.75, 3.05) is 0 Å². The van der Waals surface area contributed by atoms with Crippen LogP contribution < -0.4 is 5.73 Å². The van der Waals surface area contributed by atoms with Crippen molar-refractivity contribution in [2.24, 2.45) is 5.73 Å². The Morgan fingerprint density at radius 2 is 1.88 bits per heavy atom. The van der Waals surface area contributed by atoms with Gasteiger partial charge in [-0.05, 0) is 19.1 Å². The lowest BCUT2D eigenvalue weighted by atomic mass is 9.98. The molecule has 0 aliphatic heterocycles. The van der Waals surface area contributed by atoms with Crippen LogP contribution in [-0.4, -0.2) is 10.5 Å². The number of aromatic nitrogens is 1. The lowest BCUT2D eigenvalue weighted by Gasteiger charge is -2.14. The normalized spacial score (nSPS) is 24.3. The molecule has 0 saturated heterocycles. The van der Waals surface area contributed by atoms with Gasteiger partial charge in [0.25, 0.3) is 0 Å². The molecule has 1 aliphatic rings. The number of hydrogen-bond donors (Lipinski definition) is 1. The van der Waals surface area contributed by atoms with Crippen LogP contribution in [0.2, 0.25) is 0 Å².